The van der Waals surface area contributed by atoms with E-state index >= 15 is 0 Å². The molecule has 1 aliphatic carbocycles. The van der Waals surface area contributed by atoms with Gasteiger partial charge >= 0.3 is 0 Å². The summed E-state index contributed by atoms with van der Waals surface area (Å²) in [7, 11) is -3.55. The summed E-state index contributed by atoms with van der Waals surface area (Å²) in [4.78, 5) is 0.205. The highest BCUT2D eigenvalue weighted by atomic mass is 35.5. The van der Waals surface area contributed by atoms with Crippen molar-refractivity contribution in [1.29, 1.82) is 5.26 Å². The van der Waals surface area contributed by atoms with E-state index in [1.54, 1.807) is 13.0 Å². The van der Waals surface area contributed by atoms with E-state index in [9.17, 15) is 8.42 Å². The summed E-state index contributed by atoms with van der Waals surface area (Å²) in [5, 5.41) is 8.88. The number of nitrogens with one attached hydrogen (secondary N) is 1. The second kappa shape index (κ2) is 7.23. The van der Waals surface area contributed by atoms with Crippen LogP contribution in [0.5, 0.6) is 0 Å². The molecule has 21 heavy (non-hydrogen) atoms. The van der Waals surface area contributed by atoms with Crippen molar-refractivity contribution in [3.8, 4) is 6.07 Å². The number of aryl methyl sites for hydroxylation is 1. The average molecular weight is 330 g/mol. The second-order valence-corrected chi connectivity index (χ2v) is 6.96. The van der Waals surface area contributed by atoms with Crippen LogP contribution in [0.25, 0.3) is 0 Å². The Labute approximate surface area is 132 Å². The van der Waals surface area contributed by atoms with Gasteiger partial charge in [-0.1, -0.05) is 6.42 Å². The summed E-state index contributed by atoms with van der Waals surface area (Å²) >= 11 is 0. The monoisotopic (exact) mass is 329 g/mol. The van der Waals surface area contributed by atoms with Crippen LogP contribution in [-0.2, 0) is 10.0 Å². The Morgan fingerprint density at radius 1 is 1.43 bits per heavy atom. The van der Waals surface area contributed by atoms with Crippen LogP contribution in [0.1, 0.15) is 30.4 Å². The van der Waals surface area contributed by atoms with E-state index in [-0.39, 0.29) is 29.3 Å². The maximum Gasteiger partial charge on any atom is 0.240 e. The predicted molar refractivity (Wildman–Crippen MR) is 83.6 cm³/mol. The predicted octanol–water partition coefficient (Wildman–Crippen LogP) is 1.69. The first-order chi connectivity index (χ1) is 9.47. The van der Waals surface area contributed by atoms with Gasteiger partial charge in [0, 0.05) is 6.04 Å². The quantitative estimate of drug-likeness (QED) is 0.878. The molecule has 0 heterocycles. The molecular weight excluding hydrogens is 310 g/mol. The van der Waals surface area contributed by atoms with Crippen LogP contribution in [0.4, 0.5) is 0 Å². The minimum absolute atomic E-state index is 0. The first-order valence-electron chi connectivity index (χ1n) is 6.71. The third-order valence-corrected chi connectivity index (χ3v) is 5.38. The van der Waals surface area contributed by atoms with Crippen molar-refractivity contribution in [1.82, 2.24) is 4.72 Å². The van der Waals surface area contributed by atoms with Crippen LogP contribution in [0.15, 0.2) is 23.1 Å². The third kappa shape index (κ3) is 3.95. The number of sulfonamides is 1. The maximum absolute atomic E-state index is 12.4. The molecule has 0 amide bonds. The lowest BCUT2D eigenvalue weighted by molar-refractivity contribution is 0.453. The van der Waals surface area contributed by atoms with Crippen molar-refractivity contribution in [3.63, 3.8) is 0 Å². The van der Waals surface area contributed by atoms with Gasteiger partial charge in [-0.25, -0.2) is 13.1 Å². The molecule has 1 fully saturated rings. The number of benzene rings is 1. The van der Waals surface area contributed by atoms with Gasteiger partial charge in [0.25, 0.3) is 0 Å². The zero-order valence-corrected chi connectivity index (χ0v) is 13.5. The Hall–Kier alpha value is -1.13. The highest BCUT2D eigenvalue weighted by Crippen LogP contribution is 2.26. The number of nitriles is 1. The number of nitrogens with zero attached hydrogens (tertiary/aromatic N) is 1. The van der Waals surface area contributed by atoms with Crippen LogP contribution >= 0.6 is 12.4 Å². The number of rotatable bonds is 4. The molecule has 1 saturated carbocycles. The van der Waals surface area contributed by atoms with E-state index in [4.69, 9.17) is 11.0 Å². The molecule has 0 aliphatic heterocycles. The Balaban J connectivity index is 0.00000220. The molecule has 7 heteroatoms. The minimum Gasteiger partial charge on any atom is -0.330 e. The first kappa shape index (κ1) is 17.9. The fourth-order valence-corrected chi connectivity index (χ4v) is 4.09. The summed E-state index contributed by atoms with van der Waals surface area (Å²) in [5.74, 6) is 0.212. The molecule has 0 radical (unpaired) electrons. The van der Waals surface area contributed by atoms with Gasteiger partial charge in [0.2, 0.25) is 10.0 Å². The SMILES string of the molecule is Cc1cc(S(=O)(=O)NC2CCCC2CN)ccc1C#N.Cl. The zero-order valence-electron chi connectivity index (χ0n) is 11.9. The van der Waals surface area contributed by atoms with Crippen molar-refractivity contribution in [3.05, 3.63) is 29.3 Å². The fourth-order valence-electron chi connectivity index (χ4n) is 2.67. The smallest absolute Gasteiger partial charge is 0.240 e. The third-order valence-electron chi connectivity index (χ3n) is 3.90. The van der Waals surface area contributed by atoms with Crippen molar-refractivity contribution in [2.24, 2.45) is 11.7 Å². The lowest BCUT2D eigenvalue weighted by Crippen LogP contribution is -2.39. The van der Waals surface area contributed by atoms with Crippen LogP contribution in [-0.4, -0.2) is 21.0 Å². The van der Waals surface area contributed by atoms with E-state index < -0.39 is 10.0 Å². The van der Waals surface area contributed by atoms with Crippen molar-refractivity contribution in [2.75, 3.05) is 6.54 Å². The van der Waals surface area contributed by atoms with E-state index in [2.05, 4.69) is 4.72 Å². The minimum atomic E-state index is -3.55. The van der Waals surface area contributed by atoms with Gasteiger partial charge in [-0.15, -0.1) is 12.4 Å². The molecule has 2 unspecified atom stereocenters. The Bertz CT molecular complexity index is 640. The highest BCUT2D eigenvalue weighted by molar-refractivity contribution is 7.89. The second-order valence-electron chi connectivity index (χ2n) is 5.24. The lowest BCUT2D eigenvalue weighted by Gasteiger charge is -2.19. The van der Waals surface area contributed by atoms with Crippen molar-refractivity contribution >= 4 is 22.4 Å². The normalized spacial score (nSPS) is 21.6. The lowest BCUT2D eigenvalue weighted by atomic mass is 10.1. The molecule has 1 aromatic carbocycles. The molecule has 5 nitrogen and oxygen atoms in total. The number of halogens is 1. The van der Waals surface area contributed by atoms with Gasteiger partial charge in [-0.3, -0.25) is 0 Å². The number of hydrogen-bond acceptors (Lipinski definition) is 4. The van der Waals surface area contributed by atoms with Gasteiger partial charge in [-0.05, 0) is 56.0 Å². The van der Waals surface area contributed by atoms with Gasteiger partial charge < -0.3 is 5.73 Å². The first-order valence-corrected chi connectivity index (χ1v) is 8.19. The summed E-state index contributed by atoms with van der Waals surface area (Å²) in [6, 6.07) is 6.50. The van der Waals surface area contributed by atoms with E-state index in [1.165, 1.54) is 12.1 Å². The van der Waals surface area contributed by atoms with Gasteiger partial charge in [0.1, 0.15) is 0 Å². The van der Waals surface area contributed by atoms with Crippen LogP contribution in [0, 0.1) is 24.2 Å². The van der Waals surface area contributed by atoms with E-state index in [0.29, 0.717) is 17.7 Å². The largest absolute Gasteiger partial charge is 0.330 e. The number of hydrogen-bond donors (Lipinski definition) is 2. The molecule has 116 valence electrons. The summed E-state index contributed by atoms with van der Waals surface area (Å²) in [5.41, 5.74) is 6.83. The Morgan fingerprint density at radius 2 is 2.14 bits per heavy atom. The molecular formula is C14H20ClN3O2S. The topological polar surface area (TPSA) is 96.0 Å². The molecule has 1 aliphatic rings. The van der Waals surface area contributed by atoms with E-state index in [0.717, 1.165) is 19.3 Å². The molecule has 1 aromatic rings. The van der Waals surface area contributed by atoms with Crippen molar-refractivity contribution < 1.29 is 8.42 Å². The summed E-state index contributed by atoms with van der Waals surface area (Å²) < 4.78 is 27.5. The van der Waals surface area contributed by atoms with Gasteiger partial charge in [-0.2, -0.15) is 5.26 Å². The average Bonchev–Trinajstić information content (AvgIpc) is 2.85. The van der Waals surface area contributed by atoms with Crippen LogP contribution in [0.3, 0.4) is 0 Å². The molecule has 2 rings (SSSR count). The Kier molecular flexibility index (Phi) is 6.17. The molecule has 0 aromatic heterocycles. The molecule has 2 atom stereocenters. The summed E-state index contributed by atoms with van der Waals surface area (Å²) in [6.45, 7) is 2.23. The molecule has 0 bridgehead atoms. The van der Waals surface area contributed by atoms with Gasteiger partial charge in [0.15, 0.2) is 0 Å². The van der Waals surface area contributed by atoms with Gasteiger partial charge in [0.05, 0.1) is 16.5 Å². The van der Waals surface area contributed by atoms with E-state index in [1.807, 2.05) is 6.07 Å². The zero-order chi connectivity index (χ0) is 14.8. The van der Waals surface area contributed by atoms with Crippen LogP contribution < -0.4 is 10.5 Å². The maximum atomic E-state index is 12.4. The summed E-state index contributed by atoms with van der Waals surface area (Å²) in [6.07, 6.45) is 2.80. The molecule has 0 saturated heterocycles. The van der Waals surface area contributed by atoms with Crippen molar-refractivity contribution in [2.45, 2.75) is 37.1 Å². The molecule has 0 spiro atoms. The highest BCUT2D eigenvalue weighted by Gasteiger charge is 2.30. The standard InChI is InChI=1S/C14H19N3O2S.ClH/c1-10-7-13(6-5-11(10)8-15)20(18,19)17-14-4-2-3-12(14)9-16;/h5-7,12,14,17H,2-4,9,16H2,1H3;1H. The molecule has 3 N–H and O–H groups in total. The number of nitrogens with two attached hydrogens (primary N) is 1. The Morgan fingerprint density at radius 3 is 2.71 bits per heavy atom. The fraction of sp³-hybridized carbons (Fsp3) is 0.500. The van der Waals surface area contributed by atoms with Crippen LogP contribution in [0.2, 0.25) is 0 Å².